The lowest BCUT2D eigenvalue weighted by molar-refractivity contribution is -0.229. The number of amides is 1. The Morgan fingerprint density at radius 2 is 1.93 bits per heavy atom. The second-order valence-corrected chi connectivity index (χ2v) is 8.72. The molecule has 0 bridgehead atoms. The van der Waals surface area contributed by atoms with Gasteiger partial charge in [-0.1, -0.05) is 36.4 Å². The summed E-state index contributed by atoms with van der Waals surface area (Å²) in [6, 6.07) is 14.0. The van der Waals surface area contributed by atoms with Crippen molar-refractivity contribution in [3.8, 4) is 0 Å². The molecule has 0 saturated carbocycles. The predicted molar refractivity (Wildman–Crippen MR) is 110 cm³/mol. The number of hydrogen-bond donors (Lipinski definition) is 0. The van der Waals surface area contributed by atoms with Crippen LogP contribution in [0.3, 0.4) is 0 Å². The standard InChI is InChI=1S/C22H26N2O4S/c1-27-21(26)19-14-20(25)24(28-16-17-6-3-2-4-7-17)22(19)9-11-23(12-10-22)15-18-8-5-13-29-18/h2-8,13,19H,9-12,14-16H2,1H3. The van der Waals surface area contributed by atoms with E-state index in [9.17, 15) is 9.59 Å². The summed E-state index contributed by atoms with van der Waals surface area (Å²) in [5.41, 5.74) is 0.359. The second kappa shape index (κ2) is 8.65. The number of rotatable bonds is 6. The monoisotopic (exact) mass is 414 g/mol. The van der Waals surface area contributed by atoms with Gasteiger partial charge in [0.05, 0.1) is 18.6 Å². The summed E-state index contributed by atoms with van der Waals surface area (Å²) in [4.78, 5) is 35.1. The van der Waals surface area contributed by atoms with Crippen molar-refractivity contribution in [2.75, 3.05) is 20.2 Å². The number of ether oxygens (including phenoxy) is 1. The minimum absolute atomic E-state index is 0.136. The summed E-state index contributed by atoms with van der Waals surface area (Å²) in [5, 5.41) is 3.59. The Bertz CT molecular complexity index is 832. The Kier molecular flexibility index (Phi) is 5.99. The van der Waals surface area contributed by atoms with Gasteiger partial charge in [0.2, 0.25) is 5.91 Å². The van der Waals surface area contributed by atoms with E-state index in [1.165, 1.54) is 17.1 Å². The lowest BCUT2D eigenvalue weighted by Crippen LogP contribution is -2.57. The lowest BCUT2D eigenvalue weighted by Gasteiger charge is -2.45. The molecule has 1 spiro atoms. The molecule has 0 N–H and O–H groups in total. The topological polar surface area (TPSA) is 59.1 Å². The Morgan fingerprint density at radius 1 is 1.17 bits per heavy atom. The summed E-state index contributed by atoms with van der Waals surface area (Å²) >= 11 is 1.75. The maximum absolute atomic E-state index is 12.8. The third-order valence-electron chi connectivity index (χ3n) is 6.03. The quantitative estimate of drug-likeness (QED) is 0.679. The molecular weight excluding hydrogens is 388 g/mol. The minimum Gasteiger partial charge on any atom is -0.469 e. The zero-order valence-electron chi connectivity index (χ0n) is 16.6. The average Bonchev–Trinajstić information content (AvgIpc) is 3.35. The number of hydrogen-bond acceptors (Lipinski definition) is 6. The number of benzene rings is 1. The van der Waals surface area contributed by atoms with Crippen molar-refractivity contribution >= 4 is 23.2 Å². The molecule has 2 aromatic rings. The van der Waals surface area contributed by atoms with E-state index in [2.05, 4.69) is 22.4 Å². The van der Waals surface area contributed by atoms with E-state index in [1.54, 1.807) is 11.3 Å². The van der Waals surface area contributed by atoms with Gasteiger partial charge in [0, 0.05) is 30.9 Å². The smallest absolute Gasteiger partial charge is 0.311 e. The molecule has 29 heavy (non-hydrogen) atoms. The van der Waals surface area contributed by atoms with E-state index in [4.69, 9.17) is 9.57 Å². The number of nitrogens with zero attached hydrogens (tertiary/aromatic N) is 2. The zero-order chi connectivity index (χ0) is 20.3. The van der Waals surface area contributed by atoms with Crippen molar-refractivity contribution in [3.63, 3.8) is 0 Å². The van der Waals surface area contributed by atoms with Gasteiger partial charge < -0.3 is 4.74 Å². The van der Waals surface area contributed by atoms with Crippen LogP contribution in [-0.2, 0) is 32.3 Å². The van der Waals surface area contributed by atoms with Crippen LogP contribution >= 0.6 is 11.3 Å². The largest absolute Gasteiger partial charge is 0.469 e. The van der Waals surface area contributed by atoms with Crippen molar-refractivity contribution in [1.29, 1.82) is 0 Å². The molecule has 2 aliphatic heterocycles. The van der Waals surface area contributed by atoms with Gasteiger partial charge in [0.15, 0.2) is 0 Å². The molecule has 0 aliphatic carbocycles. The third-order valence-corrected chi connectivity index (χ3v) is 6.89. The van der Waals surface area contributed by atoms with Crippen LogP contribution in [0, 0.1) is 5.92 Å². The van der Waals surface area contributed by atoms with Gasteiger partial charge in [-0.3, -0.25) is 19.3 Å². The number of likely N-dealkylation sites (tertiary alicyclic amines) is 1. The Morgan fingerprint density at radius 3 is 2.59 bits per heavy atom. The molecule has 7 heteroatoms. The van der Waals surface area contributed by atoms with E-state index >= 15 is 0 Å². The molecular formula is C22H26N2O4S. The first-order chi connectivity index (χ1) is 14.1. The molecule has 2 saturated heterocycles. The van der Waals surface area contributed by atoms with E-state index in [0.717, 1.165) is 25.2 Å². The number of carbonyl (C=O) groups is 2. The van der Waals surface area contributed by atoms with Crippen LogP contribution in [0.5, 0.6) is 0 Å². The SMILES string of the molecule is COC(=O)C1CC(=O)N(OCc2ccccc2)C12CCN(Cc1cccs1)CC2. The van der Waals surface area contributed by atoms with Crippen LogP contribution in [-0.4, -0.2) is 47.6 Å². The van der Waals surface area contributed by atoms with Crippen LogP contribution in [0.2, 0.25) is 0 Å². The van der Waals surface area contributed by atoms with Crippen LogP contribution in [0.25, 0.3) is 0 Å². The Hall–Kier alpha value is -2.22. The number of hydroxylamine groups is 2. The highest BCUT2D eigenvalue weighted by Gasteiger charge is 2.58. The van der Waals surface area contributed by atoms with Crippen LogP contribution in [0.15, 0.2) is 47.8 Å². The average molecular weight is 415 g/mol. The highest BCUT2D eigenvalue weighted by Crippen LogP contribution is 2.45. The van der Waals surface area contributed by atoms with Crippen LogP contribution in [0.1, 0.15) is 29.7 Å². The number of thiophene rings is 1. The molecule has 1 atom stereocenters. The molecule has 154 valence electrons. The Labute approximate surface area is 175 Å². The molecule has 4 rings (SSSR count). The fourth-order valence-electron chi connectivity index (χ4n) is 4.47. The van der Waals surface area contributed by atoms with Crippen molar-refractivity contribution in [1.82, 2.24) is 9.96 Å². The van der Waals surface area contributed by atoms with Gasteiger partial charge in [-0.15, -0.1) is 11.3 Å². The van der Waals surface area contributed by atoms with Gasteiger partial charge >= 0.3 is 5.97 Å². The maximum atomic E-state index is 12.8. The molecule has 3 heterocycles. The number of piperidine rings is 1. The van der Waals surface area contributed by atoms with Gasteiger partial charge in [-0.25, -0.2) is 5.06 Å². The van der Waals surface area contributed by atoms with Crippen molar-refractivity contribution in [2.24, 2.45) is 5.92 Å². The lowest BCUT2D eigenvalue weighted by atomic mass is 9.77. The van der Waals surface area contributed by atoms with E-state index in [-0.39, 0.29) is 18.3 Å². The molecule has 0 radical (unpaired) electrons. The number of methoxy groups -OCH3 is 1. The summed E-state index contributed by atoms with van der Waals surface area (Å²) in [6.07, 6.45) is 1.53. The van der Waals surface area contributed by atoms with E-state index < -0.39 is 11.5 Å². The normalized spacial score (nSPS) is 21.6. The molecule has 1 unspecified atom stereocenters. The molecule has 2 fully saturated rings. The molecule has 1 amide bonds. The summed E-state index contributed by atoms with van der Waals surface area (Å²) in [6.45, 7) is 2.82. The highest BCUT2D eigenvalue weighted by molar-refractivity contribution is 7.09. The molecule has 1 aromatic carbocycles. The zero-order valence-corrected chi connectivity index (χ0v) is 17.4. The molecule has 1 aromatic heterocycles. The number of carbonyl (C=O) groups excluding carboxylic acids is 2. The first-order valence-corrected chi connectivity index (χ1v) is 10.8. The van der Waals surface area contributed by atoms with Gasteiger partial charge in [0.25, 0.3) is 0 Å². The van der Waals surface area contributed by atoms with Crippen LogP contribution < -0.4 is 0 Å². The van der Waals surface area contributed by atoms with E-state index in [1.807, 2.05) is 30.3 Å². The summed E-state index contributed by atoms with van der Waals surface area (Å²) in [7, 11) is 1.39. The minimum atomic E-state index is -0.634. The van der Waals surface area contributed by atoms with Gasteiger partial charge in [-0.05, 0) is 29.9 Å². The second-order valence-electron chi connectivity index (χ2n) is 7.69. The summed E-state index contributed by atoms with van der Waals surface area (Å²) < 4.78 is 5.05. The molecule has 6 nitrogen and oxygen atoms in total. The highest BCUT2D eigenvalue weighted by atomic mass is 32.1. The number of esters is 1. The van der Waals surface area contributed by atoms with Crippen molar-refractivity contribution < 1.29 is 19.2 Å². The van der Waals surface area contributed by atoms with Gasteiger partial charge in [0.1, 0.15) is 6.61 Å². The van der Waals surface area contributed by atoms with Crippen molar-refractivity contribution in [2.45, 2.75) is 38.0 Å². The maximum Gasteiger partial charge on any atom is 0.311 e. The predicted octanol–water partition coefficient (Wildman–Crippen LogP) is 3.24. The third kappa shape index (κ3) is 4.08. The van der Waals surface area contributed by atoms with Crippen LogP contribution in [0.4, 0.5) is 0 Å². The first kappa shape index (κ1) is 20.1. The van der Waals surface area contributed by atoms with Gasteiger partial charge in [-0.2, -0.15) is 0 Å². The molecule has 2 aliphatic rings. The fourth-order valence-corrected chi connectivity index (χ4v) is 5.22. The fraction of sp³-hybridized carbons (Fsp3) is 0.455. The van der Waals surface area contributed by atoms with E-state index in [0.29, 0.717) is 19.4 Å². The summed E-state index contributed by atoms with van der Waals surface area (Å²) in [5.74, 6) is -0.946. The van der Waals surface area contributed by atoms with Crippen molar-refractivity contribution in [3.05, 3.63) is 58.3 Å². The first-order valence-electron chi connectivity index (χ1n) is 9.95. The Balaban J connectivity index is 1.50.